The third-order valence-corrected chi connectivity index (χ3v) is 3.95. The van der Waals surface area contributed by atoms with Crippen molar-refractivity contribution in [2.24, 2.45) is 0 Å². The van der Waals surface area contributed by atoms with Gasteiger partial charge >= 0.3 is 0 Å². The predicted molar refractivity (Wildman–Crippen MR) is 75.0 cm³/mol. The quantitative estimate of drug-likeness (QED) is 0.863. The number of aromatic nitrogens is 1. The summed E-state index contributed by atoms with van der Waals surface area (Å²) in [6, 6.07) is 7.49. The van der Waals surface area contributed by atoms with E-state index in [1.54, 1.807) is 6.20 Å². The number of fused-ring (bicyclic) bond motifs is 1. The number of Topliss-reactive ketones (excluding diaryl/α,β-unsaturated/α-hetero) is 1. The van der Waals surface area contributed by atoms with Gasteiger partial charge in [0.15, 0.2) is 11.6 Å². The lowest BCUT2D eigenvalue weighted by atomic mass is 9.82. The van der Waals surface area contributed by atoms with Gasteiger partial charge in [0.05, 0.1) is 11.6 Å². The van der Waals surface area contributed by atoms with Crippen LogP contribution in [-0.4, -0.2) is 10.8 Å². The van der Waals surface area contributed by atoms with Gasteiger partial charge in [-0.15, -0.1) is 0 Å². The molecule has 0 aliphatic heterocycles. The Morgan fingerprint density at radius 1 is 1.24 bits per heavy atom. The van der Waals surface area contributed by atoms with E-state index < -0.39 is 11.6 Å². The SMILES string of the molecule is O=C(Cc1ccc(F)c(F)c1)C1CCCc2cccnc21. The number of carbonyl (C=O) groups is 1. The van der Waals surface area contributed by atoms with Crippen molar-refractivity contribution in [1.82, 2.24) is 4.98 Å². The highest BCUT2D eigenvalue weighted by atomic mass is 19.2. The van der Waals surface area contributed by atoms with Crippen molar-refractivity contribution in [3.63, 3.8) is 0 Å². The van der Waals surface area contributed by atoms with Crippen molar-refractivity contribution in [1.29, 1.82) is 0 Å². The zero-order valence-corrected chi connectivity index (χ0v) is 11.5. The van der Waals surface area contributed by atoms with Crippen LogP contribution in [0.1, 0.15) is 35.6 Å². The summed E-state index contributed by atoms with van der Waals surface area (Å²) in [6.45, 7) is 0. The summed E-state index contributed by atoms with van der Waals surface area (Å²) in [7, 11) is 0. The Morgan fingerprint density at radius 3 is 2.90 bits per heavy atom. The van der Waals surface area contributed by atoms with E-state index in [2.05, 4.69) is 4.98 Å². The fourth-order valence-electron chi connectivity index (χ4n) is 2.90. The number of rotatable bonds is 3. The normalized spacial score (nSPS) is 17.3. The summed E-state index contributed by atoms with van der Waals surface area (Å²) >= 11 is 0. The van der Waals surface area contributed by atoms with Gasteiger partial charge in [-0.2, -0.15) is 0 Å². The molecule has 3 rings (SSSR count). The number of ketones is 1. The minimum absolute atomic E-state index is 0.0145. The third-order valence-electron chi connectivity index (χ3n) is 3.95. The Morgan fingerprint density at radius 2 is 2.10 bits per heavy atom. The lowest BCUT2D eigenvalue weighted by Gasteiger charge is -2.23. The number of pyridine rings is 1. The van der Waals surface area contributed by atoms with Gasteiger partial charge in [-0.25, -0.2) is 8.78 Å². The average molecular weight is 287 g/mol. The average Bonchev–Trinajstić information content (AvgIpc) is 2.50. The van der Waals surface area contributed by atoms with Crippen molar-refractivity contribution < 1.29 is 13.6 Å². The van der Waals surface area contributed by atoms with Crippen LogP contribution in [0.15, 0.2) is 36.5 Å². The number of hydrogen-bond donors (Lipinski definition) is 0. The number of halogens is 2. The minimum atomic E-state index is -0.914. The smallest absolute Gasteiger partial charge is 0.159 e. The number of nitrogens with zero attached hydrogens (tertiary/aromatic N) is 1. The molecule has 0 fully saturated rings. The van der Waals surface area contributed by atoms with Gasteiger partial charge in [-0.3, -0.25) is 9.78 Å². The molecule has 0 saturated carbocycles. The van der Waals surface area contributed by atoms with Gasteiger partial charge in [0.2, 0.25) is 0 Å². The Labute approximate surface area is 121 Å². The lowest BCUT2D eigenvalue weighted by Crippen LogP contribution is -2.21. The predicted octanol–water partition coefficient (Wildman–Crippen LogP) is 3.59. The van der Waals surface area contributed by atoms with Gasteiger partial charge < -0.3 is 0 Å². The van der Waals surface area contributed by atoms with Gasteiger partial charge in [-0.05, 0) is 48.6 Å². The molecule has 0 amide bonds. The van der Waals surface area contributed by atoms with Crippen LogP contribution in [0.5, 0.6) is 0 Å². The fourth-order valence-corrected chi connectivity index (χ4v) is 2.90. The fraction of sp³-hybridized carbons (Fsp3) is 0.294. The second kappa shape index (κ2) is 5.72. The maximum atomic E-state index is 13.2. The summed E-state index contributed by atoms with van der Waals surface area (Å²) in [4.78, 5) is 16.8. The Balaban J connectivity index is 1.81. The molecule has 0 bridgehead atoms. The van der Waals surface area contributed by atoms with Crippen molar-refractivity contribution in [2.75, 3.05) is 0 Å². The highest BCUT2D eigenvalue weighted by molar-refractivity contribution is 5.87. The first-order valence-electron chi connectivity index (χ1n) is 7.05. The summed E-state index contributed by atoms with van der Waals surface area (Å²) < 4.78 is 26.1. The Hall–Kier alpha value is -2.10. The molecule has 1 aromatic carbocycles. The Kier molecular flexibility index (Phi) is 3.78. The van der Waals surface area contributed by atoms with E-state index in [0.717, 1.165) is 42.7 Å². The summed E-state index contributed by atoms with van der Waals surface area (Å²) in [5.41, 5.74) is 2.46. The molecule has 0 spiro atoms. The zero-order chi connectivity index (χ0) is 14.8. The second-order valence-electron chi connectivity index (χ2n) is 5.38. The maximum Gasteiger partial charge on any atom is 0.159 e. The van der Waals surface area contributed by atoms with Crippen LogP contribution in [-0.2, 0) is 17.6 Å². The monoisotopic (exact) mass is 287 g/mol. The third kappa shape index (κ3) is 2.84. The number of carbonyl (C=O) groups excluding carboxylic acids is 1. The maximum absolute atomic E-state index is 13.2. The van der Waals surface area contributed by atoms with Crippen molar-refractivity contribution in [2.45, 2.75) is 31.6 Å². The molecule has 1 unspecified atom stereocenters. The van der Waals surface area contributed by atoms with Crippen LogP contribution >= 0.6 is 0 Å². The first-order chi connectivity index (χ1) is 10.1. The molecule has 108 valence electrons. The number of benzene rings is 1. The van der Waals surface area contributed by atoms with Crippen molar-refractivity contribution in [3.8, 4) is 0 Å². The lowest BCUT2D eigenvalue weighted by molar-refractivity contribution is -0.120. The first kappa shape index (κ1) is 13.9. The standard InChI is InChI=1S/C17H15F2NO/c18-14-7-6-11(9-15(14)19)10-16(21)13-5-1-3-12-4-2-8-20-17(12)13/h2,4,6-9,13H,1,3,5,10H2. The van der Waals surface area contributed by atoms with E-state index in [1.165, 1.54) is 6.07 Å². The topological polar surface area (TPSA) is 30.0 Å². The highest BCUT2D eigenvalue weighted by Gasteiger charge is 2.27. The first-order valence-corrected chi connectivity index (χ1v) is 7.05. The second-order valence-corrected chi connectivity index (χ2v) is 5.38. The number of hydrogen-bond acceptors (Lipinski definition) is 2. The molecule has 1 heterocycles. The summed E-state index contributed by atoms with van der Waals surface area (Å²) in [5.74, 6) is -2.03. The van der Waals surface area contributed by atoms with E-state index in [9.17, 15) is 13.6 Å². The molecule has 0 radical (unpaired) electrons. The summed E-state index contributed by atoms with van der Waals surface area (Å²) in [6.07, 6.45) is 4.47. The molecule has 1 aromatic heterocycles. The van der Waals surface area contributed by atoms with Crippen LogP contribution in [0, 0.1) is 11.6 Å². The molecule has 1 aliphatic rings. The van der Waals surface area contributed by atoms with Crippen LogP contribution in [0.25, 0.3) is 0 Å². The van der Waals surface area contributed by atoms with E-state index in [-0.39, 0.29) is 18.1 Å². The van der Waals surface area contributed by atoms with E-state index in [0.29, 0.717) is 5.56 Å². The van der Waals surface area contributed by atoms with E-state index >= 15 is 0 Å². The van der Waals surface area contributed by atoms with Crippen molar-refractivity contribution >= 4 is 5.78 Å². The molecule has 0 N–H and O–H groups in total. The molecule has 0 saturated heterocycles. The van der Waals surface area contributed by atoms with Crippen LogP contribution in [0.4, 0.5) is 8.78 Å². The zero-order valence-electron chi connectivity index (χ0n) is 11.5. The molecule has 2 aromatic rings. The Bertz CT molecular complexity index is 684. The molecule has 1 aliphatic carbocycles. The van der Waals surface area contributed by atoms with E-state index in [1.807, 2.05) is 12.1 Å². The molecule has 21 heavy (non-hydrogen) atoms. The largest absolute Gasteiger partial charge is 0.299 e. The van der Waals surface area contributed by atoms with Crippen LogP contribution in [0.2, 0.25) is 0 Å². The van der Waals surface area contributed by atoms with Gasteiger partial charge in [0.1, 0.15) is 5.78 Å². The van der Waals surface area contributed by atoms with Gasteiger partial charge in [-0.1, -0.05) is 12.1 Å². The van der Waals surface area contributed by atoms with E-state index in [4.69, 9.17) is 0 Å². The van der Waals surface area contributed by atoms with Crippen LogP contribution < -0.4 is 0 Å². The highest BCUT2D eigenvalue weighted by Crippen LogP contribution is 2.31. The number of aryl methyl sites for hydroxylation is 1. The minimum Gasteiger partial charge on any atom is -0.299 e. The molecule has 4 heteroatoms. The molecular formula is C17H15F2NO. The van der Waals surface area contributed by atoms with Crippen molar-refractivity contribution in [3.05, 3.63) is 65.0 Å². The van der Waals surface area contributed by atoms with Crippen LogP contribution in [0.3, 0.4) is 0 Å². The van der Waals surface area contributed by atoms with Gasteiger partial charge in [0.25, 0.3) is 0 Å². The van der Waals surface area contributed by atoms with Gasteiger partial charge in [0, 0.05) is 12.6 Å². The summed E-state index contributed by atoms with van der Waals surface area (Å²) in [5, 5.41) is 0. The molecular weight excluding hydrogens is 272 g/mol. The molecule has 1 atom stereocenters. The molecule has 2 nitrogen and oxygen atoms in total.